The topological polar surface area (TPSA) is 33.7 Å². The Labute approximate surface area is 118 Å². The number of likely N-dealkylation sites (tertiary alicyclic amines) is 1. The molecule has 2 heterocycles. The van der Waals surface area contributed by atoms with Crippen LogP contribution in [0.4, 0.5) is 5.69 Å². The van der Waals surface area contributed by atoms with Crippen molar-refractivity contribution in [1.82, 2.24) is 4.90 Å². The average molecular weight is 278 g/mol. The van der Waals surface area contributed by atoms with Crippen LogP contribution in [0, 0.1) is 0 Å². The summed E-state index contributed by atoms with van der Waals surface area (Å²) in [4.78, 5) is 2.23. The highest BCUT2D eigenvalue weighted by Crippen LogP contribution is 2.32. The van der Waals surface area contributed by atoms with Gasteiger partial charge < -0.3 is 19.7 Å². The second-order valence-corrected chi connectivity index (χ2v) is 5.22. The second kappa shape index (κ2) is 5.65. The van der Waals surface area contributed by atoms with Crippen LogP contribution < -0.4 is 14.8 Å². The van der Waals surface area contributed by atoms with E-state index < -0.39 is 0 Å². The van der Waals surface area contributed by atoms with Gasteiger partial charge in [0.15, 0.2) is 16.6 Å². The van der Waals surface area contributed by atoms with Gasteiger partial charge >= 0.3 is 0 Å². The summed E-state index contributed by atoms with van der Waals surface area (Å²) in [7, 11) is 0. The summed E-state index contributed by atoms with van der Waals surface area (Å²) in [5.74, 6) is 1.60. The number of nitrogens with one attached hydrogen (secondary N) is 1. The smallest absolute Gasteiger partial charge is 0.173 e. The molecule has 3 rings (SSSR count). The first-order valence-electron chi connectivity index (χ1n) is 6.78. The lowest BCUT2D eigenvalue weighted by atomic mass is 10.1. The SMILES string of the molecule is S=C(Nc1ccc2c(c1)OCCO2)N1CCCCC1. The van der Waals surface area contributed by atoms with E-state index in [1.807, 2.05) is 18.2 Å². The maximum Gasteiger partial charge on any atom is 0.173 e. The summed E-state index contributed by atoms with van der Waals surface area (Å²) in [6.07, 6.45) is 3.76. The quantitative estimate of drug-likeness (QED) is 0.799. The van der Waals surface area contributed by atoms with Gasteiger partial charge in [0.05, 0.1) is 0 Å². The number of thiocarbonyl (C=S) groups is 1. The number of rotatable bonds is 1. The van der Waals surface area contributed by atoms with Crippen molar-refractivity contribution < 1.29 is 9.47 Å². The fraction of sp³-hybridized carbons (Fsp3) is 0.500. The predicted octanol–water partition coefficient (Wildman–Crippen LogP) is 2.64. The van der Waals surface area contributed by atoms with Gasteiger partial charge in [0, 0.05) is 24.8 Å². The molecule has 1 fully saturated rings. The van der Waals surface area contributed by atoms with E-state index in [0.717, 1.165) is 35.4 Å². The third-order valence-corrected chi connectivity index (χ3v) is 3.80. The molecule has 0 amide bonds. The molecule has 4 nitrogen and oxygen atoms in total. The fourth-order valence-corrected chi connectivity index (χ4v) is 2.72. The summed E-state index contributed by atoms with van der Waals surface area (Å²) in [6, 6.07) is 5.85. The Kier molecular flexibility index (Phi) is 3.73. The van der Waals surface area contributed by atoms with E-state index >= 15 is 0 Å². The standard InChI is InChI=1S/C14H18N2O2S/c19-14(16-6-2-1-3-7-16)15-11-4-5-12-13(10-11)18-9-8-17-12/h4-5,10H,1-3,6-9H2,(H,15,19). The van der Waals surface area contributed by atoms with Gasteiger partial charge in [0.25, 0.3) is 0 Å². The first-order valence-corrected chi connectivity index (χ1v) is 7.19. The molecule has 0 radical (unpaired) electrons. The van der Waals surface area contributed by atoms with Crippen LogP contribution in [0.2, 0.25) is 0 Å². The minimum Gasteiger partial charge on any atom is -0.486 e. The Morgan fingerprint density at radius 2 is 1.79 bits per heavy atom. The van der Waals surface area contributed by atoms with Gasteiger partial charge in [0.2, 0.25) is 0 Å². The van der Waals surface area contributed by atoms with E-state index in [0.29, 0.717) is 13.2 Å². The van der Waals surface area contributed by atoms with Gasteiger partial charge in [-0.05, 0) is 43.6 Å². The Hall–Kier alpha value is -1.49. The van der Waals surface area contributed by atoms with Gasteiger partial charge in [0.1, 0.15) is 13.2 Å². The number of benzene rings is 1. The first kappa shape index (κ1) is 12.5. The number of anilines is 1. The van der Waals surface area contributed by atoms with Gasteiger partial charge in [-0.1, -0.05) is 0 Å². The normalized spacial score (nSPS) is 18.0. The van der Waals surface area contributed by atoms with Gasteiger partial charge in [-0.25, -0.2) is 0 Å². The third kappa shape index (κ3) is 2.92. The van der Waals surface area contributed by atoms with Crippen molar-refractivity contribution in [1.29, 1.82) is 0 Å². The zero-order valence-electron chi connectivity index (χ0n) is 10.9. The molecule has 19 heavy (non-hydrogen) atoms. The van der Waals surface area contributed by atoms with Crippen molar-refractivity contribution in [3.05, 3.63) is 18.2 Å². The van der Waals surface area contributed by atoms with E-state index in [1.54, 1.807) is 0 Å². The molecule has 2 aliphatic rings. The van der Waals surface area contributed by atoms with Crippen molar-refractivity contribution in [2.24, 2.45) is 0 Å². The lowest BCUT2D eigenvalue weighted by Crippen LogP contribution is -2.38. The number of hydrogen-bond acceptors (Lipinski definition) is 3. The highest BCUT2D eigenvalue weighted by molar-refractivity contribution is 7.80. The molecule has 0 aliphatic carbocycles. The van der Waals surface area contributed by atoms with Crippen molar-refractivity contribution in [3.63, 3.8) is 0 Å². The minimum atomic E-state index is 0.604. The summed E-state index contributed by atoms with van der Waals surface area (Å²) in [5.41, 5.74) is 0.958. The third-order valence-electron chi connectivity index (χ3n) is 3.44. The van der Waals surface area contributed by atoms with Gasteiger partial charge in [-0.15, -0.1) is 0 Å². The Balaban J connectivity index is 1.67. The Morgan fingerprint density at radius 3 is 2.58 bits per heavy atom. The van der Waals surface area contributed by atoms with Crippen LogP contribution in [-0.4, -0.2) is 36.3 Å². The van der Waals surface area contributed by atoms with E-state index in [-0.39, 0.29) is 0 Å². The number of ether oxygens (including phenoxy) is 2. The van der Waals surface area contributed by atoms with Crippen molar-refractivity contribution in [2.45, 2.75) is 19.3 Å². The highest BCUT2D eigenvalue weighted by atomic mass is 32.1. The molecular formula is C14H18N2O2S. The first-order chi connectivity index (χ1) is 9.33. The molecule has 0 saturated carbocycles. The molecule has 102 valence electrons. The van der Waals surface area contributed by atoms with E-state index in [9.17, 15) is 0 Å². The van der Waals surface area contributed by atoms with Crippen molar-refractivity contribution in [2.75, 3.05) is 31.6 Å². The molecule has 0 spiro atoms. The summed E-state index contributed by atoms with van der Waals surface area (Å²) >= 11 is 5.45. The fourth-order valence-electron chi connectivity index (χ4n) is 2.42. The predicted molar refractivity (Wildman–Crippen MR) is 79.1 cm³/mol. The van der Waals surface area contributed by atoms with Crippen LogP contribution in [0.25, 0.3) is 0 Å². The largest absolute Gasteiger partial charge is 0.486 e. The molecule has 1 saturated heterocycles. The van der Waals surface area contributed by atoms with E-state index in [2.05, 4.69) is 10.2 Å². The molecule has 0 unspecified atom stereocenters. The molecule has 0 atom stereocenters. The maximum atomic E-state index is 5.57. The molecule has 0 bridgehead atoms. The monoisotopic (exact) mass is 278 g/mol. The lowest BCUT2D eigenvalue weighted by Gasteiger charge is -2.29. The van der Waals surface area contributed by atoms with E-state index in [1.165, 1.54) is 19.3 Å². The van der Waals surface area contributed by atoms with Crippen LogP contribution in [0.15, 0.2) is 18.2 Å². The molecule has 1 aromatic carbocycles. The molecular weight excluding hydrogens is 260 g/mol. The van der Waals surface area contributed by atoms with Crippen LogP contribution >= 0.6 is 12.2 Å². The van der Waals surface area contributed by atoms with Gasteiger partial charge in [-0.2, -0.15) is 0 Å². The lowest BCUT2D eigenvalue weighted by molar-refractivity contribution is 0.171. The molecule has 1 N–H and O–H groups in total. The highest BCUT2D eigenvalue weighted by Gasteiger charge is 2.15. The van der Waals surface area contributed by atoms with Crippen LogP contribution in [-0.2, 0) is 0 Å². The minimum absolute atomic E-state index is 0.604. The molecule has 5 heteroatoms. The number of nitrogens with zero attached hydrogens (tertiary/aromatic N) is 1. The summed E-state index contributed by atoms with van der Waals surface area (Å²) in [5, 5.41) is 4.09. The van der Waals surface area contributed by atoms with Crippen LogP contribution in [0.5, 0.6) is 11.5 Å². The zero-order chi connectivity index (χ0) is 13.1. The maximum absolute atomic E-state index is 5.57. The Bertz CT molecular complexity index is 473. The molecule has 1 aromatic rings. The van der Waals surface area contributed by atoms with Crippen LogP contribution in [0.3, 0.4) is 0 Å². The molecule has 2 aliphatic heterocycles. The van der Waals surface area contributed by atoms with Gasteiger partial charge in [-0.3, -0.25) is 0 Å². The van der Waals surface area contributed by atoms with E-state index in [4.69, 9.17) is 21.7 Å². The average Bonchev–Trinajstić information content (AvgIpc) is 2.48. The number of fused-ring (bicyclic) bond motifs is 1. The summed E-state index contributed by atoms with van der Waals surface area (Å²) < 4.78 is 11.1. The summed E-state index contributed by atoms with van der Waals surface area (Å²) in [6.45, 7) is 3.33. The number of hydrogen-bond donors (Lipinski definition) is 1. The Morgan fingerprint density at radius 1 is 1.05 bits per heavy atom. The second-order valence-electron chi connectivity index (χ2n) is 4.84. The molecule has 0 aromatic heterocycles. The number of piperidine rings is 1. The van der Waals surface area contributed by atoms with Crippen LogP contribution in [0.1, 0.15) is 19.3 Å². The van der Waals surface area contributed by atoms with Crippen molar-refractivity contribution >= 4 is 23.0 Å². The van der Waals surface area contributed by atoms with Crippen molar-refractivity contribution in [3.8, 4) is 11.5 Å². The zero-order valence-corrected chi connectivity index (χ0v) is 11.7.